The van der Waals surface area contributed by atoms with Crippen LogP contribution in [0.25, 0.3) is 10.9 Å². The molecule has 0 fully saturated rings. The first-order valence-electron chi connectivity index (χ1n) is 6.28. The highest BCUT2D eigenvalue weighted by atomic mass is 35.5. The van der Waals surface area contributed by atoms with E-state index in [1.54, 1.807) is 42.6 Å². The second-order valence-electron chi connectivity index (χ2n) is 4.72. The van der Waals surface area contributed by atoms with Crippen LogP contribution in [0.3, 0.4) is 0 Å². The van der Waals surface area contributed by atoms with Crippen molar-refractivity contribution >= 4 is 40.0 Å². The summed E-state index contributed by atoms with van der Waals surface area (Å²) in [6.45, 7) is 0. The molecule has 2 heterocycles. The quantitative estimate of drug-likeness (QED) is 0.702. The van der Waals surface area contributed by atoms with E-state index < -0.39 is 0 Å². The Bertz CT molecular complexity index is 881. The largest absolute Gasteiger partial charge is 0.276 e. The third-order valence-corrected chi connectivity index (χ3v) is 3.90. The van der Waals surface area contributed by atoms with E-state index in [-0.39, 0.29) is 11.8 Å². The molecule has 3 aromatic rings. The van der Waals surface area contributed by atoms with E-state index in [4.69, 9.17) is 11.6 Å². The fourth-order valence-electron chi connectivity index (χ4n) is 2.58. The fraction of sp³-hybridized carbons (Fsp3) is 0. The van der Waals surface area contributed by atoms with Crippen LogP contribution in [-0.4, -0.2) is 22.0 Å². The number of rotatable bonds is 1. The Kier molecular flexibility index (Phi) is 2.40. The summed E-state index contributed by atoms with van der Waals surface area (Å²) in [6.07, 6.45) is 1.57. The van der Waals surface area contributed by atoms with Crippen molar-refractivity contribution in [1.29, 1.82) is 0 Å². The predicted octanol–water partition coefficient (Wildman–Crippen LogP) is 3.02. The number of halogens is 1. The van der Waals surface area contributed by atoms with Crippen LogP contribution >= 0.6 is 11.6 Å². The van der Waals surface area contributed by atoms with E-state index in [0.29, 0.717) is 32.7 Å². The smallest absolute Gasteiger partial charge is 0.266 e. The summed E-state index contributed by atoms with van der Waals surface area (Å²) >= 11 is 6.09. The van der Waals surface area contributed by atoms with E-state index in [0.717, 1.165) is 4.90 Å². The van der Waals surface area contributed by atoms with Gasteiger partial charge in [0, 0.05) is 5.39 Å². The van der Waals surface area contributed by atoms with Gasteiger partial charge in [0.2, 0.25) is 0 Å². The maximum atomic E-state index is 12.5. The molecule has 102 valence electrons. The highest BCUT2D eigenvalue weighted by Gasteiger charge is 2.37. The van der Waals surface area contributed by atoms with Crippen LogP contribution in [0.4, 0.5) is 5.69 Å². The molecular weight excluding hydrogens is 290 g/mol. The Labute approximate surface area is 124 Å². The molecule has 5 nitrogen and oxygen atoms in total. The van der Waals surface area contributed by atoms with Gasteiger partial charge < -0.3 is 0 Å². The van der Waals surface area contributed by atoms with Gasteiger partial charge in [-0.1, -0.05) is 23.7 Å². The second-order valence-corrected chi connectivity index (χ2v) is 5.12. The van der Waals surface area contributed by atoms with Crippen LogP contribution in [0.15, 0.2) is 42.6 Å². The van der Waals surface area contributed by atoms with Crippen molar-refractivity contribution in [1.82, 2.24) is 10.2 Å². The van der Waals surface area contributed by atoms with Gasteiger partial charge in [-0.15, -0.1) is 0 Å². The molecule has 0 spiro atoms. The Morgan fingerprint density at radius 3 is 2.33 bits per heavy atom. The Morgan fingerprint density at radius 2 is 1.67 bits per heavy atom. The molecular formula is C15H8ClN3O2. The van der Waals surface area contributed by atoms with Crippen LogP contribution in [0.2, 0.25) is 5.02 Å². The molecule has 0 unspecified atom stereocenters. The number of anilines is 1. The zero-order valence-corrected chi connectivity index (χ0v) is 11.4. The highest BCUT2D eigenvalue weighted by Crippen LogP contribution is 2.35. The molecule has 21 heavy (non-hydrogen) atoms. The first-order valence-corrected chi connectivity index (χ1v) is 6.65. The van der Waals surface area contributed by atoms with E-state index in [1.165, 1.54) is 0 Å². The summed E-state index contributed by atoms with van der Waals surface area (Å²) in [7, 11) is 0. The molecule has 1 aliphatic rings. The SMILES string of the molecule is O=C1c2ccccc2C(=O)N1c1ccc(Cl)c2cn[nH]c12. The number of benzene rings is 2. The van der Waals surface area contributed by atoms with Crippen LogP contribution in [0, 0.1) is 0 Å². The number of hydrogen-bond donors (Lipinski definition) is 1. The monoisotopic (exact) mass is 297 g/mol. The topological polar surface area (TPSA) is 66.1 Å². The third-order valence-electron chi connectivity index (χ3n) is 3.58. The van der Waals surface area contributed by atoms with Crippen molar-refractivity contribution in [3.05, 3.63) is 58.7 Å². The summed E-state index contributed by atoms with van der Waals surface area (Å²) < 4.78 is 0. The minimum absolute atomic E-state index is 0.339. The zero-order valence-electron chi connectivity index (χ0n) is 10.6. The van der Waals surface area contributed by atoms with Crippen molar-refractivity contribution in [2.45, 2.75) is 0 Å². The van der Waals surface area contributed by atoms with Gasteiger partial charge in [0.1, 0.15) is 0 Å². The minimum Gasteiger partial charge on any atom is -0.276 e. The van der Waals surface area contributed by atoms with Crippen LogP contribution in [0.5, 0.6) is 0 Å². The molecule has 2 aromatic carbocycles. The van der Waals surface area contributed by atoms with Gasteiger partial charge in [0.05, 0.1) is 33.6 Å². The van der Waals surface area contributed by atoms with Crippen LogP contribution in [-0.2, 0) is 0 Å². The maximum Gasteiger partial charge on any atom is 0.266 e. The van der Waals surface area contributed by atoms with E-state index in [9.17, 15) is 9.59 Å². The number of aromatic amines is 1. The third kappa shape index (κ3) is 1.55. The lowest BCUT2D eigenvalue weighted by molar-refractivity contribution is 0.0926. The average Bonchev–Trinajstić information content (AvgIpc) is 3.07. The number of fused-ring (bicyclic) bond motifs is 2. The van der Waals surface area contributed by atoms with Gasteiger partial charge >= 0.3 is 0 Å². The lowest BCUT2D eigenvalue weighted by atomic mass is 10.1. The van der Waals surface area contributed by atoms with Crippen molar-refractivity contribution in [3.63, 3.8) is 0 Å². The van der Waals surface area contributed by atoms with Gasteiger partial charge in [-0.2, -0.15) is 5.10 Å². The van der Waals surface area contributed by atoms with Gasteiger partial charge in [0.25, 0.3) is 11.8 Å². The normalized spacial score (nSPS) is 14.0. The first kappa shape index (κ1) is 12.1. The van der Waals surface area contributed by atoms with Crippen molar-refractivity contribution in [3.8, 4) is 0 Å². The highest BCUT2D eigenvalue weighted by molar-refractivity contribution is 6.38. The van der Waals surface area contributed by atoms with Crippen molar-refractivity contribution in [2.75, 3.05) is 4.90 Å². The fourth-order valence-corrected chi connectivity index (χ4v) is 2.79. The summed E-state index contributed by atoms with van der Waals surface area (Å²) in [5.41, 5.74) is 1.84. The Morgan fingerprint density at radius 1 is 1.00 bits per heavy atom. The molecule has 0 saturated carbocycles. The van der Waals surface area contributed by atoms with E-state index in [2.05, 4.69) is 10.2 Å². The Hall–Kier alpha value is -2.66. The van der Waals surface area contributed by atoms with Gasteiger partial charge in [-0.3, -0.25) is 14.7 Å². The summed E-state index contributed by atoms with van der Waals surface area (Å²) in [6, 6.07) is 10.1. The summed E-state index contributed by atoms with van der Waals surface area (Å²) in [4.78, 5) is 26.1. The zero-order chi connectivity index (χ0) is 14.6. The summed E-state index contributed by atoms with van der Waals surface area (Å²) in [5, 5.41) is 7.91. The van der Waals surface area contributed by atoms with Crippen molar-refractivity contribution < 1.29 is 9.59 Å². The number of H-pyrrole nitrogens is 1. The predicted molar refractivity (Wildman–Crippen MR) is 78.7 cm³/mol. The second kappa shape index (κ2) is 4.17. The maximum absolute atomic E-state index is 12.5. The lowest BCUT2D eigenvalue weighted by Crippen LogP contribution is -2.29. The van der Waals surface area contributed by atoms with Gasteiger partial charge in [-0.05, 0) is 24.3 Å². The van der Waals surface area contributed by atoms with Crippen molar-refractivity contribution in [2.24, 2.45) is 0 Å². The molecule has 0 atom stereocenters. The molecule has 0 bridgehead atoms. The van der Waals surface area contributed by atoms with E-state index in [1.807, 2.05) is 0 Å². The number of imide groups is 1. The molecule has 1 N–H and O–H groups in total. The number of nitrogens with zero attached hydrogens (tertiary/aromatic N) is 2. The van der Waals surface area contributed by atoms with Crippen LogP contribution < -0.4 is 4.90 Å². The number of aromatic nitrogens is 2. The van der Waals surface area contributed by atoms with Crippen LogP contribution in [0.1, 0.15) is 20.7 Å². The molecule has 1 aromatic heterocycles. The number of hydrogen-bond acceptors (Lipinski definition) is 3. The van der Waals surface area contributed by atoms with Gasteiger partial charge in [-0.25, -0.2) is 4.90 Å². The molecule has 0 saturated heterocycles. The molecule has 1 aliphatic heterocycles. The van der Waals surface area contributed by atoms with E-state index >= 15 is 0 Å². The summed E-state index contributed by atoms with van der Waals surface area (Å²) in [5.74, 6) is -0.678. The van der Waals surface area contributed by atoms with Gasteiger partial charge in [0.15, 0.2) is 0 Å². The average molecular weight is 298 g/mol. The first-order chi connectivity index (χ1) is 10.2. The molecule has 2 amide bonds. The number of nitrogens with one attached hydrogen (secondary N) is 1. The number of carbonyl (C=O) groups is 2. The Balaban J connectivity index is 1.95. The molecule has 4 rings (SSSR count). The molecule has 0 radical (unpaired) electrons. The molecule has 0 aliphatic carbocycles. The lowest BCUT2D eigenvalue weighted by Gasteiger charge is -2.15. The molecule has 6 heteroatoms. The number of amides is 2. The number of carbonyl (C=O) groups excluding carboxylic acids is 2. The standard InChI is InChI=1S/C15H8ClN3O2/c16-11-5-6-12(13-10(11)7-17-18-13)19-14(20)8-3-1-2-4-9(8)15(19)21/h1-7H,(H,17,18). The minimum atomic E-state index is -0.339.